The SMILES string of the molecule is CCCC(C)(NCc1ccccc1)C(=O)OCC. The number of carbonyl (C=O) groups excluding carboxylic acids is 1. The average molecular weight is 249 g/mol. The molecule has 0 amide bonds. The summed E-state index contributed by atoms with van der Waals surface area (Å²) in [5.41, 5.74) is 0.574. The lowest BCUT2D eigenvalue weighted by molar-refractivity contribution is -0.151. The van der Waals surface area contributed by atoms with Gasteiger partial charge in [-0.25, -0.2) is 0 Å². The molecule has 0 heterocycles. The number of benzene rings is 1. The highest BCUT2D eigenvalue weighted by atomic mass is 16.5. The highest BCUT2D eigenvalue weighted by Gasteiger charge is 2.33. The first-order valence-corrected chi connectivity index (χ1v) is 6.58. The molecule has 3 nitrogen and oxygen atoms in total. The second-order valence-corrected chi connectivity index (χ2v) is 4.64. The van der Waals surface area contributed by atoms with Crippen LogP contribution in [0.3, 0.4) is 0 Å². The predicted octanol–water partition coefficient (Wildman–Crippen LogP) is 2.90. The maximum Gasteiger partial charge on any atom is 0.326 e. The van der Waals surface area contributed by atoms with E-state index >= 15 is 0 Å². The number of hydrogen-bond acceptors (Lipinski definition) is 3. The van der Waals surface area contributed by atoms with Crippen LogP contribution in [0.1, 0.15) is 39.2 Å². The Morgan fingerprint density at radius 3 is 2.50 bits per heavy atom. The van der Waals surface area contributed by atoms with Crippen molar-refractivity contribution in [1.29, 1.82) is 0 Å². The van der Waals surface area contributed by atoms with Crippen LogP contribution in [0.4, 0.5) is 0 Å². The predicted molar refractivity (Wildman–Crippen MR) is 73.2 cm³/mol. The molecule has 0 aliphatic heterocycles. The van der Waals surface area contributed by atoms with Gasteiger partial charge in [0.25, 0.3) is 0 Å². The highest BCUT2D eigenvalue weighted by Crippen LogP contribution is 2.15. The molecule has 1 atom stereocenters. The maximum atomic E-state index is 12.0. The number of esters is 1. The lowest BCUT2D eigenvalue weighted by atomic mass is 9.96. The van der Waals surface area contributed by atoms with Crippen LogP contribution in [-0.2, 0) is 16.1 Å². The van der Waals surface area contributed by atoms with Crippen LogP contribution in [0.25, 0.3) is 0 Å². The molecule has 1 N–H and O–H groups in total. The molecule has 0 saturated heterocycles. The fourth-order valence-corrected chi connectivity index (χ4v) is 1.95. The number of ether oxygens (including phenoxy) is 1. The van der Waals surface area contributed by atoms with Crippen molar-refractivity contribution >= 4 is 5.97 Å². The van der Waals surface area contributed by atoms with Crippen LogP contribution in [0.2, 0.25) is 0 Å². The normalized spacial score (nSPS) is 13.9. The van der Waals surface area contributed by atoms with Crippen molar-refractivity contribution in [2.24, 2.45) is 0 Å². The number of nitrogens with one attached hydrogen (secondary N) is 1. The topological polar surface area (TPSA) is 38.3 Å². The van der Waals surface area contributed by atoms with Crippen LogP contribution >= 0.6 is 0 Å². The molecule has 100 valence electrons. The quantitative estimate of drug-likeness (QED) is 0.755. The van der Waals surface area contributed by atoms with Crippen LogP contribution < -0.4 is 5.32 Å². The van der Waals surface area contributed by atoms with E-state index in [0.29, 0.717) is 13.2 Å². The summed E-state index contributed by atoms with van der Waals surface area (Å²) in [6.07, 6.45) is 1.72. The first kappa shape index (κ1) is 14.7. The van der Waals surface area contributed by atoms with Crippen molar-refractivity contribution in [3.63, 3.8) is 0 Å². The van der Waals surface area contributed by atoms with Crippen LogP contribution in [-0.4, -0.2) is 18.1 Å². The smallest absolute Gasteiger partial charge is 0.326 e. The molecule has 0 bridgehead atoms. The fraction of sp³-hybridized carbons (Fsp3) is 0.533. The van der Waals surface area contributed by atoms with Gasteiger partial charge in [0.2, 0.25) is 0 Å². The molecule has 1 rings (SSSR count). The number of hydrogen-bond donors (Lipinski definition) is 1. The zero-order valence-electron chi connectivity index (χ0n) is 11.5. The Hall–Kier alpha value is -1.35. The second kappa shape index (κ2) is 7.17. The number of rotatable bonds is 7. The summed E-state index contributed by atoms with van der Waals surface area (Å²) < 4.78 is 5.15. The van der Waals surface area contributed by atoms with Gasteiger partial charge in [0.1, 0.15) is 5.54 Å². The molecule has 0 aliphatic rings. The van der Waals surface area contributed by atoms with Gasteiger partial charge in [-0.05, 0) is 25.8 Å². The van der Waals surface area contributed by atoms with Gasteiger partial charge in [-0.1, -0.05) is 43.7 Å². The summed E-state index contributed by atoms with van der Waals surface area (Å²) in [5.74, 6) is -0.164. The summed E-state index contributed by atoms with van der Waals surface area (Å²) >= 11 is 0. The minimum atomic E-state index is -0.597. The molecule has 18 heavy (non-hydrogen) atoms. The summed E-state index contributed by atoms with van der Waals surface area (Å²) in [6, 6.07) is 10.1. The molecule has 1 unspecified atom stereocenters. The Kier molecular flexibility index (Phi) is 5.86. The zero-order chi connectivity index (χ0) is 13.4. The van der Waals surface area contributed by atoms with Crippen molar-refractivity contribution in [3.8, 4) is 0 Å². The molecule has 0 saturated carbocycles. The van der Waals surface area contributed by atoms with E-state index in [1.54, 1.807) is 0 Å². The molecule has 0 radical (unpaired) electrons. The van der Waals surface area contributed by atoms with E-state index < -0.39 is 5.54 Å². The van der Waals surface area contributed by atoms with Gasteiger partial charge < -0.3 is 4.74 Å². The van der Waals surface area contributed by atoms with Crippen molar-refractivity contribution in [2.75, 3.05) is 6.61 Å². The molecule has 0 spiro atoms. The standard InChI is InChI=1S/C15H23NO2/c1-4-11-15(3,14(17)18-5-2)16-12-13-9-7-6-8-10-13/h6-10,16H,4-5,11-12H2,1-3H3. The second-order valence-electron chi connectivity index (χ2n) is 4.64. The zero-order valence-corrected chi connectivity index (χ0v) is 11.5. The van der Waals surface area contributed by atoms with Crippen LogP contribution in [0.15, 0.2) is 30.3 Å². The first-order chi connectivity index (χ1) is 8.62. The highest BCUT2D eigenvalue weighted by molar-refractivity contribution is 5.80. The summed E-state index contributed by atoms with van der Waals surface area (Å²) in [7, 11) is 0. The molecular weight excluding hydrogens is 226 g/mol. The van der Waals surface area contributed by atoms with Crippen molar-refractivity contribution in [2.45, 2.75) is 45.7 Å². The van der Waals surface area contributed by atoms with Crippen LogP contribution in [0, 0.1) is 0 Å². The Morgan fingerprint density at radius 1 is 1.28 bits per heavy atom. The Balaban J connectivity index is 2.65. The van der Waals surface area contributed by atoms with Gasteiger partial charge in [0.15, 0.2) is 0 Å². The third kappa shape index (κ3) is 4.15. The molecule has 0 aliphatic carbocycles. The van der Waals surface area contributed by atoms with E-state index in [4.69, 9.17) is 4.74 Å². The third-order valence-corrected chi connectivity index (χ3v) is 3.00. The minimum absolute atomic E-state index is 0.164. The molecule has 0 fully saturated rings. The lowest BCUT2D eigenvalue weighted by Crippen LogP contribution is -2.50. The van der Waals surface area contributed by atoms with Gasteiger partial charge in [-0.15, -0.1) is 0 Å². The monoisotopic (exact) mass is 249 g/mol. The summed E-state index contributed by atoms with van der Waals surface area (Å²) in [4.78, 5) is 12.0. The Bertz CT molecular complexity index is 364. The molecule has 3 heteroatoms. The Labute approximate surface area is 110 Å². The Morgan fingerprint density at radius 2 is 1.94 bits per heavy atom. The van der Waals surface area contributed by atoms with E-state index in [9.17, 15) is 4.79 Å². The van der Waals surface area contributed by atoms with Gasteiger partial charge in [-0.3, -0.25) is 10.1 Å². The van der Waals surface area contributed by atoms with E-state index in [1.165, 1.54) is 5.56 Å². The fourth-order valence-electron chi connectivity index (χ4n) is 1.95. The molecular formula is C15H23NO2. The lowest BCUT2D eigenvalue weighted by Gasteiger charge is -2.28. The maximum absolute atomic E-state index is 12.0. The van der Waals surface area contributed by atoms with E-state index in [0.717, 1.165) is 12.8 Å². The van der Waals surface area contributed by atoms with Gasteiger partial charge in [0, 0.05) is 6.54 Å². The van der Waals surface area contributed by atoms with E-state index in [1.807, 2.05) is 44.2 Å². The van der Waals surface area contributed by atoms with Crippen LogP contribution in [0.5, 0.6) is 0 Å². The first-order valence-electron chi connectivity index (χ1n) is 6.58. The largest absolute Gasteiger partial charge is 0.465 e. The molecule has 1 aromatic carbocycles. The van der Waals surface area contributed by atoms with Crippen molar-refractivity contribution in [1.82, 2.24) is 5.32 Å². The van der Waals surface area contributed by atoms with Gasteiger partial charge in [0.05, 0.1) is 6.61 Å². The third-order valence-electron chi connectivity index (χ3n) is 3.00. The van der Waals surface area contributed by atoms with Crippen molar-refractivity contribution < 1.29 is 9.53 Å². The molecule has 0 aromatic heterocycles. The number of carbonyl (C=O) groups is 1. The molecule has 1 aromatic rings. The van der Waals surface area contributed by atoms with E-state index in [-0.39, 0.29) is 5.97 Å². The van der Waals surface area contributed by atoms with Gasteiger partial charge >= 0.3 is 5.97 Å². The van der Waals surface area contributed by atoms with Gasteiger partial charge in [-0.2, -0.15) is 0 Å². The summed E-state index contributed by atoms with van der Waals surface area (Å²) in [6.45, 7) is 6.92. The minimum Gasteiger partial charge on any atom is -0.465 e. The van der Waals surface area contributed by atoms with Crippen molar-refractivity contribution in [3.05, 3.63) is 35.9 Å². The summed E-state index contributed by atoms with van der Waals surface area (Å²) in [5, 5.41) is 3.32. The van der Waals surface area contributed by atoms with E-state index in [2.05, 4.69) is 12.2 Å². The average Bonchev–Trinajstić information content (AvgIpc) is 2.38.